The summed E-state index contributed by atoms with van der Waals surface area (Å²) < 4.78 is 12.4. The van der Waals surface area contributed by atoms with Crippen LogP contribution >= 0.6 is 0 Å². The molecule has 62 valence electrons. The third-order valence-corrected chi connectivity index (χ3v) is 1.58. The molecule has 1 rings (SSSR count). The Labute approximate surface area is 69.5 Å². The van der Waals surface area contributed by atoms with Gasteiger partial charge in [0.25, 0.3) is 0 Å². The molecule has 0 saturated heterocycles. The first-order valence-corrected chi connectivity index (χ1v) is 3.53. The molecule has 0 radical (unpaired) electrons. The van der Waals surface area contributed by atoms with Crippen molar-refractivity contribution in [1.29, 1.82) is 0 Å². The van der Waals surface area contributed by atoms with Crippen molar-refractivity contribution in [1.82, 2.24) is 0 Å². The van der Waals surface area contributed by atoms with E-state index in [4.69, 9.17) is 5.53 Å². The summed E-state index contributed by atoms with van der Waals surface area (Å²) in [6.45, 7) is 1.76. The van der Waals surface area contributed by atoms with Crippen molar-refractivity contribution in [2.24, 2.45) is 5.11 Å². The molecule has 0 amide bonds. The van der Waals surface area contributed by atoms with Crippen LogP contribution in [0.2, 0.25) is 0 Å². The molecular weight excluding hydrogens is 157 g/mol. The van der Waals surface area contributed by atoms with Crippen LogP contribution in [0.15, 0.2) is 29.4 Å². The third-order valence-electron chi connectivity index (χ3n) is 1.58. The fourth-order valence-electron chi connectivity index (χ4n) is 0.885. The summed E-state index contributed by atoms with van der Waals surface area (Å²) in [6, 6.07) is 5.66. The number of benzene rings is 1. The maximum Gasteiger partial charge on any atom is 0.123 e. The van der Waals surface area contributed by atoms with E-state index >= 15 is 0 Å². The maximum absolute atomic E-state index is 12.4. The van der Waals surface area contributed by atoms with E-state index in [0.717, 1.165) is 5.56 Å². The Morgan fingerprint density at radius 2 is 2.00 bits per heavy atom. The molecule has 4 heteroatoms. The largest absolute Gasteiger partial charge is 0.207 e. The van der Waals surface area contributed by atoms with Crippen LogP contribution in [0.4, 0.5) is 4.39 Å². The number of nitrogens with zero attached hydrogens (tertiary/aromatic N) is 3. The van der Waals surface area contributed by atoms with Crippen LogP contribution in [0.1, 0.15) is 18.5 Å². The van der Waals surface area contributed by atoms with Gasteiger partial charge in [-0.2, -0.15) is 0 Å². The lowest BCUT2D eigenvalue weighted by atomic mass is 10.1. The molecule has 0 heterocycles. The van der Waals surface area contributed by atoms with Gasteiger partial charge in [0.2, 0.25) is 0 Å². The van der Waals surface area contributed by atoms with Gasteiger partial charge in [0.15, 0.2) is 0 Å². The van der Waals surface area contributed by atoms with E-state index in [1.165, 1.54) is 12.1 Å². The molecule has 0 bridgehead atoms. The summed E-state index contributed by atoms with van der Waals surface area (Å²) in [5.41, 5.74) is 8.95. The monoisotopic (exact) mass is 165 g/mol. The van der Waals surface area contributed by atoms with Crippen molar-refractivity contribution in [3.05, 3.63) is 46.1 Å². The van der Waals surface area contributed by atoms with Gasteiger partial charge in [-0.15, -0.1) is 0 Å². The summed E-state index contributed by atoms with van der Waals surface area (Å²) in [4.78, 5) is 2.67. The van der Waals surface area contributed by atoms with Crippen molar-refractivity contribution in [2.75, 3.05) is 0 Å². The molecule has 0 spiro atoms. The Morgan fingerprint density at radius 1 is 1.42 bits per heavy atom. The van der Waals surface area contributed by atoms with Crippen molar-refractivity contribution in [2.45, 2.75) is 13.0 Å². The molecule has 1 unspecified atom stereocenters. The highest BCUT2D eigenvalue weighted by atomic mass is 19.1. The Bertz CT molecular complexity index is 301. The van der Waals surface area contributed by atoms with Gasteiger partial charge in [0.1, 0.15) is 5.82 Å². The number of azide groups is 1. The Morgan fingerprint density at radius 3 is 2.50 bits per heavy atom. The van der Waals surface area contributed by atoms with E-state index in [-0.39, 0.29) is 11.9 Å². The standard InChI is InChI=1S/C8H8FN3/c1-6(11-12-10)7-2-4-8(9)5-3-7/h2-6H,1H3. The first kappa shape index (κ1) is 8.56. The molecule has 0 aliphatic carbocycles. The molecule has 12 heavy (non-hydrogen) atoms. The second-order valence-corrected chi connectivity index (χ2v) is 2.43. The van der Waals surface area contributed by atoms with Crippen LogP contribution in [-0.4, -0.2) is 0 Å². The van der Waals surface area contributed by atoms with Crippen LogP contribution in [0.5, 0.6) is 0 Å². The topological polar surface area (TPSA) is 48.8 Å². The van der Waals surface area contributed by atoms with E-state index in [1.54, 1.807) is 19.1 Å². The van der Waals surface area contributed by atoms with Gasteiger partial charge in [0.05, 0.1) is 6.04 Å². The van der Waals surface area contributed by atoms with Crippen molar-refractivity contribution in [3.63, 3.8) is 0 Å². The molecule has 1 aromatic rings. The highest BCUT2D eigenvalue weighted by Crippen LogP contribution is 2.16. The molecule has 3 nitrogen and oxygen atoms in total. The Balaban J connectivity index is 2.89. The van der Waals surface area contributed by atoms with Gasteiger partial charge in [-0.05, 0) is 23.2 Å². The SMILES string of the molecule is CC(N=[N+]=[N-])c1ccc(F)cc1. The lowest BCUT2D eigenvalue weighted by molar-refractivity contribution is 0.626. The zero-order valence-electron chi connectivity index (χ0n) is 6.61. The third kappa shape index (κ3) is 1.97. The molecular formula is C8H8FN3. The molecule has 1 atom stereocenters. The maximum atomic E-state index is 12.4. The van der Waals surface area contributed by atoms with Gasteiger partial charge in [0, 0.05) is 4.91 Å². The molecule has 0 aliphatic heterocycles. The Kier molecular flexibility index (Phi) is 2.66. The minimum atomic E-state index is -0.285. The normalized spacial score (nSPS) is 11.8. The number of hydrogen-bond acceptors (Lipinski definition) is 1. The zero-order valence-corrected chi connectivity index (χ0v) is 6.61. The fraction of sp³-hybridized carbons (Fsp3) is 0.250. The highest BCUT2D eigenvalue weighted by Gasteiger charge is 2.01. The second kappa shape index (κ2) is 3.74. The summed E-state index contributed by atoms with van der Waals surface area (Å²) in [6.07, 6.45) is 0. The van der Waals surface area contributed by atoms with Crippen LogP contribution in [0, 0.1) is 5.82 Å². The predicted octanol–water partition coefficient (Wildman–Crippen LogP) is 3.20. The quantitative estimate of drug-likeness (QED) is 0.367. The van der Waals surface area contributed by atoms with E-state index in [9.17, 15) is 4.39 Å². The molecule has 0 N–H and O–H groups in total. The summed E-state index contributed by atoms with van der Waals surface area (Å²) in [5, 5.41) is 3.48. The number of halogens is 1. The first-order valence-electron chi connectivity index (χ1n) is 3.53. The zero-order chi connectivity index (χ0) is 8.97. The molecule has 0 aliphatic rings. The summed E-state index contributed by atoms with van der Waals surface area (Å²) in [7, 11) is 0. The first-order chi connectivity index (χ1) is 5.74. The summed E-state index contributed by atoms with van der Waals surface area (Å²) in [5.74, 6) is -0.285. The second-order valence-electron chi connectivity index (χ2n) is 2.43. The van der Waals surface area contributed by atoms with Crippen molar-refractivity contribution >= 4 is 0 Å². The lowest BCUT2D eigenvalue weighted by Crippen LogP contribution is -1.87. The van der Waals surface area contributed by atoms with Gasteiger partial charge in [-0.3, -0.25) is 0 Å². The molecule has 0 saturated carbocycles. The fourth-order valence-corrected chi connectivity index (χ4v) is 0.885. The van der Waals surface area contributed by atoms with Gasteiger partial charge >= 0.3 is 0 Å². The summed E-state index contributed by atoms with van der Waals surface area (Å²) >= 11 is 0. The van der Waals surface area contributed by atoms with E-state index in [2.05, 4.69) is 10.0 Å². The van der Waals surface area contributed by atoms with Crippen molar-refractivity contribution < 1.29 is 4.39 Å². The van der Waals surface area contributed by atoms with Crippen LogP contribution in [0.25, 0.3) is 10.4 Å². The number of hydrogen-bond donors (Lipinski definition) is 0. The van der Waals surface area contributed by atoms with Gasteiger partial charge in [-0.25, -0.2) is 4.39 Å². The van der Waals surface area contributed by atoms with Crippen LogP contribution in [0.3, 0.4) is 0 Å². The van der Waals surface area contributed by atoms with Crippen LogP contribution < -0.4 is 0 Å². The van der Waals surface area contributed by atoms with E-state index in [1.807, 2.05) is 0 Å². The molecule has 1 aromatic carbocycles. The average Bonchev–Trinajstić information content (AvgIpc) is 2.06. The predicted molar refractivity (Wildman–Crippen MR) is 44.0 cm³/mol. The van der Waals surface area contributed by atoms with Gasteiger partial charge < -0.3 is 0 Å². The van der Waals surface area contributed by atoms with E-state index in [0.29, 0.717) is 0 Å². The molecule has 0 fully saturated rings. The van der Waals surface area contributed by atoms with E-state index < -0.39 is 0 Å². The Hall–Kier alpha value is -1.54. The number of rotatable bonds is 2. The molecule has 0 aromatic heterocycles. The van der Waals surface area contributed by atoms with Crippen LogP contribution in [-0.2, 0) is 0 Å². The highest BCUT2D eigenvalue weighted by molar-refractivity contribution is 5.19. The minimum Gasteiger partial charge on any atom is -0.207 e. The van der Waals surface area contributed by atoms with Crippen molar-refractivity contribution in [3.8, 4) is 0 Å². The van der Waals surface area contributed by atoms with Gasteiger partial charge in [-0.1, -0.05) is 24.2 Å². The average molecular weight is 165 g/mol. The lowest BCUT2D eigenvalue weighted by Gasteiger charge is -2.02. The minimum absolute atomic E-state index is 0.240. The smallest absolute Gasteiger partial charge is 0.123 e.